The van der Waals surface area contributed by atoms with Crippen LogP contribution in [-0.4, -0.2) is 34.9 Å². The highest BCUT2D eigenvalue weighted by Crippen LogP contribution is 2.35. The lowest BCUT2D eigenvalue weighted by atomic mass is 9.77. The molecule has 1 atom stereocenters. The number of benzene rings is 1. The summed E-state index contributed by atoms with van der Waals surface area (Å²) in [4.78, 5) is 37.1. The quantitative estimate of drug-likeness (QED) is 0.680. The van der Waals surface area contributed by atoms with Gasteiger partial charge >= 0.3 is 6.03 Å². The van der Waals surface area contributed by atoms with Crippen LogP contribution in [0.3, 0.4) is 0 Å². The van der Waals surface area contributed by atoms with E-state index in [1.165, 1.54) is 0 Å². The van der Waals surface area contributed by atoms with Crippen LogP contribution in [0.2, 0.25) is 0 Å². The van der Waals surface area contributed by atoms with Crippen molar-refractivity contribution in [1.82, 2.24) is 15.8 Å². The summed E-state index contributed by atoms with van der Waals surface area (Å²) in [5, 5.41) is 5.53. The molecule has 26 heavy (non-hydrogen) atoms. The van der Waals surface area contributed by atoms with Crippen molar-refractivity contribution in [2.45, 2.75) is 51.1 Å². The van der Waals surface area contributed by atoms with Crippen molar-refractivity contribution in [2.75, 3.05) is 6.54 Å². The summed E-state index contributed by atoms with van der Waals surface area (Å²) in [6.45, 7) is 4.29. The number of imide groups is 1. The molecule has 2 aliphatic rings. The standard InChI is InChI=1S/C19H26N4O3/c1-13-8-10-19(11-9-13)17(25)23(18(26)21-19)22-16(24)12-20-14(2)15-6-4-3-5-7-15/h3-7,13-14,20H,8-12H2,1-2H3,(H,21,26)(H,22,24)/p+1/t13?,14-,19?/m0/s1. The molecular formula is C19H27N4O3+. The van der Waals surface area contributed by atoms with Crippen LogP contribution in [0, 0.1) is 5.92 Å². The molecule has 140 valence electrons. The first-order valence-corrected chi connectivity index (χ1v) is 9.26. The van der Waals surface area contributed by atoms with Crippen molar-refractivity contribution in [3.05, 3.63) is 35.9 Å². The van der Waals surface area contributed by atoms with Gasteiger partial charge in [0.1, 0.15) is 11.6 Å². The monoisotopic (exact) mass is 359 g/mol. The number of nitrogens with one attached hydrogen (secondary N) is 2. The minimum Gasteiger partial charge on any atom is -0.332 e. The Morgan fingerprint density at radius 1 is 1.31 bits per heavy atom. The van der Waals surface area contributed by atoms with E-state index in [-0.39, 0.29) is 24.4 Å². The predicted octanol–water partition coefficient (Wildman–Crippen LogP) is 0.843. The van der Waals surface area contributed by atoms with Crippen LogP contribution < -0.4 is 16.1 Å². The van der Waals surface area contributed by atoms with E-state index in [2.05, 4.69) is 17.7 Å². The number of amides is 4. The molecule has 1 aliphatic heterocycles. The number of rotatable bonds is 5. The lowest BCUT2D eigenvalue weighted by Gasteiger charge is -2.33. The Kier molecular flexibility index (Phi) is 5.27. The maximum absolute atomic E-state index is 12.7. The third-order valence-corrected chi connectivity index (χ3v) is 5.51. The second kappa shape index (κ2) is 7.45. The van der Waals surface area contributed by atoms with Crippen molar-refractivity contribution >= 4 is 17.8 Å². The Balaban J connectivity index is 1.54. The minimum absolute atomic E-state index is 0.108. The zero-order chi connectivity index (χ0) is 18.7. The smallest absolute Gasteiger partial charge is 0.332 e. The van der Waals surface area contributed by atoms with Crippen molar-refractivity contribution in [3.63, 3.8) is 0 Å². The van der Waals surface area contributed by atoms with Gasteiger partial charge in [-0.15, -0.1) is 0 Å². The van der Waals surface area contributed by atoms with Crippen LogP contribution >= 0.6 is 0 Å². The maximum Gasteiger partial charge on any atom is 0.344 e. The molecule has 1 saturated heterocycles. The molecule has 2 fully saturated rings. The number of hydrogen-bond donors (Lipinski definition) is 3. The van der Waals surface area contributed by atoms with Gasteiger partial charge < -0.3 is 10.6 Å². The van der Waals surface area contributed by atoms with E-state index in [1.807, 2.05) is 42.6 Å². The van der Waals surface area contributed by atoms with Crippen molar-refractivity contribution in [2.24, 2.45) is 5.92 Å². The van der Waals surface area contributed by atoms with Gasteiger partial charge in [-0.05, 0) is 38.5 Å². The fourth-order valence-electron chi connectivity index (χ4n) is 3.66. The zero-order valence-electron chi connectivity index (χ0n) is 15.3. The van der Waals surface area contributed by atoms with Crippen molar-refractivity contribution in [3.8, 4) is 0 Å². The Morgan fingerprint density at radius 2 is 1.96 bits per heavy atom. The lowest BCUT2D eigenvalue weighted by Crippen LogP contribution is -2.87. The van der Waals surface area contributed by atoms with Gasteiger partial charge in [0.25, 0.3) is 11.8 Å². The molecule has 1 saturated carbocycles. The van der Waals surface area contributed by atoms with Crippen LogP contribution in [-0.2, 0) is 9.59 Å². The summed E-state index contributed by atoms with van der Waals surface area (Å²) in [6.07, 6.45) is 3.05. The first kappa shape index (κ1) is 18.4. The van der Waals surface area contributed by atoms with Gasteiger partial charge in [-0.3, -0.25) is 15.0 Å². The van der Waals surface area contributed by atoms with Gasteiger partial charge in [0.15, 0.2) is 6.54 Å². The molecule has 1 aliphatic carbocycles. The molecule has 4 N–H and O–H groups in total. The van der Waals surface area contributed by atoms with E-state index < -0.39 is 11.6 Å². The molecular weight excluding hydrogens is 332 g/mol. The number of hydrogen-bond acceptors (Lipinski definition) is 3. The Hall–Kier alpha value is -2.41. The Labute approximate surface area is 153 Å². The summed E-state index contributed by atoms with van der Waals surface area (Å²) in [5.74, 6) is -0.139. The largest absolute Gasteiger partial charge is 0.344 e. The van der Waals surface area contributed by atoms with Crippen LogP contribution in [0.1, 0.15) is 51.1 Å². The third kappa shape index (κ3) is 3.72. The van der Waals surface area contributed by atoms with Gasteiger partial charge in [0.05, 0.1) is 0 Å². The van der Waals surface area contributed by atoms with E-state index in [4.69, 9.17) is 0 Å². The molecule has 7 nitrogen and oxygen atoms in total. The second-order valence-electron chi connectivity index (χ2n) is 7.51. The maximum atomic E-state index is 12.7. The number of nitrogens with zero attached hydrogens (tertiary/aromatic N) is 1. The molecule has 0 unspecified atom stereocenters. The van der Waals surface area contributed by atoms with Crippen LogP contribution in [0.25, 0.3) is 0 Å². The number of urea groups is 1. The van der Waals surface area contributed by atoms with Gasteiger partial charge in [0, 0.05) is 5.56 Å². The predicted molar refractivity (Wildman–Crippen MR) is 95.5 cm³/mol. The minimum atomic E-state index is -0.835. The molecule has 0 aromatic heterocycles. The summed E-state index contributed by atoms with van der Waals surface area (Å²) in [5.41, 5.74) is 2.75. The van der Waals surface area contributed by atoms with E-state index >= 15 is 0 Å². The second-order valence-corrected chi connectivity index (χ2v) is 7.51. The molecule has 1 spiro atoms. The zero-order valence-corrected chi connectivity index (χ0v) is 15.3. The third-order valence-electron chi connectivity index (χ3n) is 5.51. The van der Waals surface area contributed by atoms with Gasteiger partial charge in [-0.1, -0.05) is 37.3 Å². The molecule has 1 aromatic carbocycles. The van der Waals surface area contributed by atoms with Gasteiger partial charge in [-0.25, -0.2) is 4.79 Å². The molecule has 0 bridgehead atoms. The summed E-state index contributed by atoms with van der Waals surface area (Å²) < 4.78 is 0. The summed E-state index contributed by atoms with van der Waals surface area (Å²) in [6, 6.07) is 9.44. The topological polar surface area (TPSA) is 95.1 Å². The lowest BCUT2D eigenvalue weighted by molar-refractivity contribution is -0.682. The summed E-state index contributed by atoms with van der Waals surface area (Å²) >= 11 is 0. The van der Waals surface area contributed by atoms with E-state index in [1.54, 1.807) is 0 Å². The highest BCUT2D eigenvalue weighted by atomic mass is 16.2. The van der Waals surface area contributed by atoms with Crippen LogP contribution in [0.5, 0.6) is 0 Å². The van der Waals surface area contributed by atoms with Crippen molar-refractivity contribution in [1.29, 1.82) is 0 Å². The molecule has 1 aromatic rings. The van der Waals surface area contributed by atoms with Gasteiger partial charge in [0.2, 0.25) is 0 Å². The van der Waals surface area contributed by atoms with Crippen molar-refractivity contribution < 1.29 is 19.7 Å². The average molecular weight is 359 g/mol. The Morgan fingerprint density at radius 3 is 2.62 bits per heavy atom. The van der Waals surface area contributed by atoms with Crippen LogP contribution in [0.4, 0.5) is 4.79 Å². The normalized spacial score (nSPS) is 26.7. The number of carbonyl (C=O) groups is 3. The van der Waals surface area contributed by atoms with Crippen LogP contribution in [0.15, 0.2) is 30.3 Å². The van der Waals surface area contributed by atoms with E-state index in [0.29, 0.717) is 18.8 Å². The first-order valence-electron chi connectivity index (χ1n) is 9.26. The fraction of sp³-hybridized carbons (Fsp3) is 0.526. The number of quaternary nitrogens is 1. The molecule has 0 radical (unpaired) electrons. The SMILES string of the molecule is CC1CCC2(CC1)NC(=O)N(NC(=O)C[NH2+][C@@H](C)c1ccccc1)C2=O. The molecule has 3 rings (SSSR count). The Bertz CT molecular complexity index is 683. The fourth-order valence-corrected chi connectivity index (χ4v) is 3.66. The average Bonchev–Trinajstić information content (AvgIpc) is 2.87. The molecule has 4 amide bonds. The van der Waals surface area contributed by atoms with Gasteiger partial charge in [-0.2, -0.15) is 5.01 Å². The number of nitrogens with two attached hydrogens (primary N) is 1. The highest BCUT2D eigenvalue weighted by molar-refractivity contribution is 6.08. The molecule has 7 heteroatoms. The van der Waals surface area contributed by atoms with E-state index in [9.17, 15) is 14.4 Å². The number of hydrazine groups is 1. The highest BCUT2D eigenvalue weighted by Gasteiger charge is 2.52. The molecule has 1 heterocycles. The summed E-state index contributed by atoms with van der Waals surface area (Å²) in [7, 11) is 0. The first-order chi connectivity index (χ1) is 12.4. The number of carbonyl (C=O) groups excluding carboxylic acids is 3. The van der Waals surface area contributed by atoms with E-state index in [0.717, 1.165) is 23.4 Å².